The molecule has 1 aromatic carbocycles. The quantitative estimate of drug-likeness (QED) is 0.435. The van der Waals surface area contributed by atoms with E-state index in [0.717, 1.165) is 16.2 Å². The molecule has 0 fully saturated rings. The third kappa shape index (κ3) is 3.08. The van der Waals surface area contributed by atoms with Gasteiger partial charge >= 0.3 is 0 Å². The van der Waals surface area contributed by atoms with Crippen molar-refractivity contribution in [1.29, 1.82) is 0 Å². The van der Waals surface area contributed by atoms with Crippen LogP contribution in [0.2, 0.25) is 5.15 Å². The number of rotatable bonds is 4. The highest BCUT2D eigenvalue weighted by Gasteiger charge is 2.18. The van der Waals surface area contributed by atoms with E-state index in [1.165, 1.54) is 6.33 Å². The van der Waals surface area contributed by atoms with Crippen molar-refractivity contribution in [2.45, 2.75) is 17.2 Å². The van der Waals surface area contributed by atoms with Crippen LogP contribution in [0.25, 0.3) is 28.1 Å². The third-order valence-electron chi connectivity index (χ3n) is 4.54. The van der Waals surface area contributed by atoms with Gasteiger partial charge in [0.15, 0.2) is 22.3 Å². The molecule has 144 valence electrons. The molecular formula is C19H15ClN8S. The number of anilines is 1. The zero-order valence-corrected chi connectivity index (χ0v) is 16.8. The minimum atomic E-state index is -0.0218. The van der Waals surface area contributed by atoms with Crippen LogP contribution >= 0.6 is 23.4 Å². The average molecular weight is 423 g/mol. The summed E-state index contributed by atoms with van der Waals surface area (Å²) in [5.41, 5.74) is 9.72. The van der Waals surface area contributed by atoms with Crippen molar-refractivity contribution in [1.82, 2.24) is 34.1 Å². The molecule has 0 saturated heterocycles. The Bertz CT molecular complexity index is 1330. The van der Waals surface area contributed by atoms with Gasteiger partial charge in [-0.05, 0) is 13.0 Å². The van der Waals surface area contributed by atoms with Crippen LogP contribution in [0, 0.1) is 0 Å². The van der Waals surface area contributed by atoms with Crippen LogP contribution in [0.4, 0.5) is 5.82 Å². The van der Waals surface area contributed by atoms with Gasteiger partial charge in [0.25, 0.3) is 0 Å². The molecule has 0 saturated carbocycles. The second kappa shape index (κ2) is 7.02. The molecule has 10 heteroatoms. The molecule has 2 N–H and O–H groups in total. The summed E-state index contributed by atoms with van der Waals surface area (Å²) in [5, 5.41) is 5.19. The molecule has 8 nitrogen and oxygen atoms in total. The summed E-state index contributed by atoms with van der Waals surface area (Å²) in [5.74, 6) is 0.367. The van der Waals surface area contributed by atoms with E-state index in [9.17, 15) is 0 Å². The number of fused-ring (bicyclic) bond motifs is 2. The second-order valence-corrected chi connectivity index (χ2v) is 8.12. The normalized spacial score (nSPS) is 12.6. The molecule has 5 rings (SSSR count). The maximum atomic E-state index is 6.24. The van der Waals surface area contributed by atoms with E-state index in [1.54, 1.807) is 28.8 Å². The van der Waals surface area contributed by atoms with Gasteiger partial charge in [0.05, 0.1) is 17.9 Å². The number of benzene rings is 1. The van der Waals surface area contributed by atoms with Crippen LogP contribution in [-0.4, -0.2) is 34.1 Å². The number of thioether (sulfide) groups is 1. The van der Waals surface area contributed by atoms with Gasteiger partial charge in [-0.25, -0.2) is 24.5 Å². The first-order valence-electron chi connectivity index (χ1n) is 8.81. The van der Waals surface area contributed by atoms with Crippen molar-refractivity contribution in [3.63, 3.8) is 0 Å². The average Bonchev–Trinajstić information content (AvgIpc) is 3.33. The summed E-state index contributed by atoms with van der Waals surface area (Å²) < 4.78 is 3.61. The number of halogens is 1. The monoisotopic (exact) mass is 422 g/mol. The largest absolute Gasteiger partial charge is 0.382 e. The van der Waals surface area contributed by atoms with Crippen molar-refractivity contribution in [2.75, 3.05) is 5.73 Å². The highest BCUT2D eigenvalue weighted by Crippen LogP contribution is 2.38. The van der Waals surface area contributed by atoms with E-state index in [2.05, 4.69) is 26.9 Å². The Labute approximate surface area is 174 Å². The number of nitrogens with zero attached hydrogens (tertiary/aromatic N) is 7. The molecule has 0 radical (unpaired) electrons. The van der Waals surface area contributed by atoms with Gasteiger partial charge in [0, 0.05) is 10.5 Å². The number of hydrogen-bond donors (Lipinski definition) is 1. The highest BCUT2D eigenvalue weighted by molar-refractivity contribution is 7.99. The molecule has 1 atom stereocenters. The second-order valence-electron chi connectivity index (χ2n) is 6.37. The number of nitrogens with two attached hydrogens (primary N) is 1. The van der Waals surface area contributed by atoms with Gasteiger partial charge in [0.1, 0.15) is 17.5 Å². The zero-order chi connectivity index (χ0) is 20.0. The fourth-order valence-electron chi connectivity index (χ4n) is 3.13. The summed E-state index contributed by atoms with van der Waals surface area (Å²) in [6.45, 7) is 2.07. The molecule has 0 bridgehead atoms. The summed E-state index contributed by atoms with van der Waals surface area (Å²) in [6, 6.07) is 12.0. The van der Waals surface area contributed by atoms with E-state index in [0.29, 0.717) is 27.8 Å². The predicted molar refractivity (Wildman–Crippen MR) is 114 cm³/mol. The van der Waals surface area contributed by atoms with Crippen LogP contribution < -0.4 is 5.73 Å². The van der Waals surface area contributed by atoms with Gasteiger partial charge < -0.3 is 10.3 Å². The molecule has 4 heterocycles. The van der Waals surface area contributed by atoms with E-state index in [-0.39, 0.29) is 5.37 Å². The van der Waals surface area contributed by atoms with E-state index < -0.39 is 0 Å². The van der Waals surface area contributed by atoms with Crippen molar-refractivity contribution in [3.8, 4) is 11.3 Å². The maximum Gasteiger partial charge on any atom is 0.166 e. The van der Waals surface area contributed by atoms with Crippen LogP contribution in [0.1, 0.15) is 12.3 Å². The molecule has 5 aromatic rings. The fraction of sp³-hybridized carbons (Fsp3) is 0.105. The van der Waals surface area contributed by atoms with E-state index in [1.807, 2.05) is 41.0 Å². The Kier molecular flexibility index (Phi) is 4.33. The first-order valence-corrected chi connectivity index (χ1v) is 10.1. The molecule has 0 spiro atoms. The molecule has 0 amide bonds. The summed E-state index contributed by atoms with van der Waals surface area (Å²) in [4.78, 5) is 18.0. The standard InChI is InChI=1S/C19H15ClN8S/c1-11(27-10-25-17-18(21)23-9-24-19(17)27)29-13-7-15-22-8-14(20)28(15)26-16(13)12-5-3-2-4-6-12/h2-11H,1H3,(H2,21,23,24)/t11-/m1/s1. The summed E-state index contributed by atoms with van der Waals surface area (Å²) in [6.07, 6.45) is 4.77. The van der Waals surface area contributed by atoms with Gasteiger partial charge in [-0.2, -0.15) is 5.10 Å². The lowest BCUT2D eigenvalue weighted by atomic mass is 10.1. The highest BCUT2D eigenvalue weighted by atomic mass is 35.5. The first kappa shape index (κ1) is 17.9. The van der Waals surface area contributed by atoms with Gasteiger partial charge in [-0.1, -0.05) is 53.7 Å². The minimum Gasteiger partial charge on any atom is -0.382 e. The summed E-state index contributed by atoms with van der Waals surface area (Å²) in [7, 11) is 0. The molecular weight excluding hydrogens is 408 g/mol. The number of imidazole rings is 2. The predicted octanol–water partition coefficient (Wildman–Crippen LogP) is 4.08. The van der Waals surface area contributed by atoms with Crippen LogP contribution in [0.3, 0.4) is 0 Å². The Morgan fingerprint density at radius 1 is 1.10 bits per heavy atom. The van der Waals surface area contributed by atoms with E-state index >= 15 is 0 Å². The Hall–Kier alpha value is -3.17. The Morgan fingerprint density at radius 3 is 2.76 bits per heavy atom. The number of nitrogen functional groups attached to an aromatic ring is 1. The molecule has 0 aliphatic heterocycles. The van der Waals surface area contributed by atoms with Crippen molar-refractivity contribution in [3.05, 3.63) is 60.4 Å². The van der Waals surface area contributed by atoms with Crippen LogP contribution in [0.15, 0.2) is 60.1 Å². The lowest BCUT2D eigenvalue weighted by Gasteiger charge is -2.16. The van der Waals surface area contributed by atoms with Crippen molar-refractivity contribution >= 4 is 46.0 Å². The molecule has 0 unspecified atom stereocenters. The van der Waals surface area contributed by atoms with Crippen LogP contribution in [-0.2, 0) is 0 Å². The number of hydrogen-bond acceptors (Lipinski definition) is 7. The van der Waals surface area contributed by atoms with Gasteiger partial charge in [0.2, 0.25) is 0 Å². The van der Waals surface area contributed by atoms with Crippen molar-refractivity contribution < 1.29 is 0 Å². The summed E-state index contributed by atoms with van der Waals surface area (Å²) >= 11 is 7.87. The fourth-order valence-corrected chi connectivity index (χ4v) is 4.39. The van der Waals surface area contributed by atoms with E-state index in [4.69, 9.17) is 22.4 Å². The molecule has 29 heavy (non-hydrogen) atoms. The Balaban J connectivity index is 1.61. The van der Waals surface area contributed by atoms with Crippen LogP contribution in [0.5, 0.6) is 0 Å². The molecule has 0 aliphatic rings. The maximum absolute atomic E-state index is 6.24. The lowest BCUT2D eigenvalue weighted by Crippen LogP contribution is -2.04. The number of aromatic nitrogens is 7. The molecule has 4 aromatic heterocycles. The molecule has 0 aliphatic carbocycles. The smallest absolute Gasteiger partial charge is 0.166 e. The first-order chi connectivity index (χ1) is 14.1. The van der Waals surface area contributed by atoms with Crippen molar-refractivity contribution in [2.24, 2.45) is 0 Å². The third-order valence-corrected chi connectivity index (χ3v) is 5.93. The minimum absolute atomic E-state index is 0.0218. The van der Waals surface area contributed by atoms with Gasteiger partial charge in [-0.3, -0.25) is 0 Å². The SMILES string of the molecule is C[C@@H](Sc1cc2ncc(Cl)n2nc1-c1ccccc1)n1cnc2c(N)ncnc21. The van der Waals surface area contributed by atoms with Gasteiger partial charge in [-0.15, -0.1) is 0 Å². The lowest BCUT2D eigenvalue weighted by molar-refractivity contribution is 0.753. The Morgan fingerprint density at radius 2 is 1.93 bits per heavy atom. The topological polar surface area (TPSA) is 99.8 Å². The zero-order valence-electron chi connectivity index (χ0n) is 15.3.